The van der Waals surface area contributed by atoms with Crippen LogP contribution in [0.25, 0.3) is 0 Å². The molecule has 1 atom stereocenters. The molecule has 1 aromatic carbocycles. The third-order valence-corrected chi connectivity index (χ3v) is 4.02. The van der Waals surface area contributed by atoms with E-state index in [1.54, 1.807) is 4.90 Å². The van der Waals surface area contributed by atoms with Gasteiger partial charge in [-0.2, -0.15) is 0 Å². The van der Waals surface area contributed by atoms with E-state index >= 15 is 0 Å². The highest BCUT2D eigenvalue weighted by Crippen LogP contribution is 2.32. The zero-order chi connectivity index (χ0) is 13.2. The number of nitrogens with zero attached hydrogens (tertiary/aromatic N) is 1. The molecule has 1 fully saturated rings. The molecule has 2 amide bonds. The highest BCUT2D eigenvalue weighted by molar-refractivity contribution is 5.75. The number of carbonyl (C=O) groups is 1. The van der Waals surface area contributed by atoms with Crippen LogP contribution in [0.5, 0.6) is 0 Å². The lowest BCUT2D eigenvalue weighted by Crippen LogP contribution is -2.43. The van der Waals surface area contributed by atoms with Gasteiger partial charge in [-0.15, -0.1) is 0 Å². The molecule has 102 valence electrons. The second-order valence-corrected chi connectivity index (χ2v) is 5.39. The van der Waals surface area contributed by atoms with Crippen molar-refractivity contribution in [2.75, 3.05) is 13.2 Å². The van der Waals surface area contributed by atoms with Gasteiger partial charge in [0.1, 0.15) is 0 Å². The van der Waals surface area contributed by atoms with Crippen LogP contribution in [-0.2, 0) is 6.42 Å². The molecular weight excluding hydrogens is 240 g/mol. The molecule has 3 rings (SSSR count). The molecule has 4 nitrogen and oxygen atoms in total. The number of aliphatic hydroxyl groups excluding tert-OH is 1. The molecule has 0 heterocycles. The lowest BCUT2D eigenvalue weighted by molar-refractivity contribution is 0.170. The molecule has 19 heavy (non-hydrogen) atoms. The number of nitrogens with one attached hydrogen (secondary N) is 1. The maximum Gasteiger partial charge on any atom is 0.318 e. The van der Waals surface area contributed by atoms with Crippen LogP contribution >= 0.6 is 0 Å². The first kappa shape index (κ1) is 12.5. The van der Waals surface area contributed by atoms with Gasteiger partial charge in [0.25, 0.3) is 0 Å². The van der Waals surface area contributed by atoms with E-state index in [2.05, 4.69) is 17.4 Å². The van der Waals surface area contributed by atoms with E-state index in [-0.39, 0.29) is 18.7 Å². The molecule has 1 unspecified atom stereocenters. The van der Waals surface area contributed by atoms with Crippen molar-refractivity contribution in [3.05, 3.63) is 35.4 Å². The SMILES string of the molecule is O=C(NC1CCc2ccccc21)N(CCO)C1CC1. The Labute approximate surface area is 113 Å². The van der Waals surface area contributed by atoms with Gasteiger partial charge >= 0.3 is 6.03 Å². The van der Waals surface area contributed by atoms with Crippen LogP contribution < -0.4 is 5.32 Å². The maximum absolute atomic E-state index is 12.3. The first-order chi connectivity index (χ1) is 9.29. The normalized spacial score (nSPS) is 21.0. The Bertz CT molecular complexity index is 471. The number of carbonyl (C=O) groups excluding carboxylic acids is 1. The summed E-state index contributed by atoms with van der Waals surface area (Å²) < 4.78 is 0. The van der Waals surface area contributed by atoms with Crippen LogP contribution in [0.1, 0.15) is 36.4 Å². The van der Waals surface area contributed by atoms with Gasteiger partial charge in [-0.25, -0.2) is 4.79 Å². The highest BCUT2D eigenvalue weighted by atomic mass is 16.3. The Morgan fingerprint density at radius 1 is 1.32 bits per heavy atom. The summed E-state index contributed by atoms with van der Waals surface area (Å²) in [6, 6.07) is 8.74. The number of aliphatic hydroxyl groups is 1. The molecule has 0 saturated heterocycles. The van der Waals surface area contributed by atoms with Crippen molar-refractivity contribution >= 4 is 6.03 Å². The number of fused-ring (bicyclic) bond motifs is 1. The summed E-state index contributed by atoms with van der Waals surface area (Å²) >= 11 is 0. The molecule has 0 aliphatic heterocycles. The van der Waals surface area contributed by atoms with E-state index in [0.29, 0.717) is 12.6 Å². The minimum absolute atomic E-state index is 0.0294. The predicted molar refractivity (Wildman–Crippen MR) is 72.8 cm³/mol. The Balaban J connectivity index is 1.67. The molecule has 4 heteroatoms. The van der Waals surface area contributed by atoms with Gasteiger partial charge in [0.15, 0.2) is 0 Å². The molecule has 1 saturated carbocycles. The van der Waals surface area contributed by atoms with Gasteiger partial charge in [-0.3, -0.25) is 0 Å². The smallest absolute Gasteiger partial charge is 0.318 e. The highest BCUT2D eigenvalue weighted by Gasteiger charge is 2.34. The molecule has 0 aromatic heterocycles. The van der Waals surface area contributed by atoms with Gasteiger partial charge in [0, 0.05) is 12.6 Å². The molecule has 0 bridgehead atoms. The second kappa shape index (κ2) is 5.21. The quantitative estimate of drug-likeness (QED) is 0.868. The van der Waals surface area contributed by atoms with Gasteiger partial charge in [0.2, 0.25) is 0 Å². The van der Waals surface area contributed by atoms with Crippen molar-refractivity contribution in [3.63, 3.8) is 0 Å². The summed E-state index contributed by atoms with van der Waals surface area (Å²) in [5.74, 6) is 0. The fourth-order valence-electron chi connectivity index (χ4n) is 2.88. The zero-order valence-electron chi connectivity index (χ0n) is 11.0. The van der Waals surface area contributed by atoms with Crippen LogP contribution in [0, 0.1) is 0 Å². The van der Waals surface area contributed by atoms with Gasteiger partial charge in [0.05, 0.1) is 12.6 Å². The van der Waals surface area contributed by atoms with E-state index in [0.717, 1.165) is 25.7 Å². The molecule has 2 N–H and O–H groups in total. The Kier molecular flexibility index (Phi) is 3.42. The molecule has 2 aliphatic rings. The van der Waals surface area contributed by atoms with Crippen LogP contribution in [0.2, 0.25) is 0 Å². The second-order valence-electron chi connectivity index (χ2n) is 5.39. The van der Waals surface area contributed by atoms with Crippen molar-refractivity contribution in [1.82, 2.24) is 10.2 Å². The summed E-state index contributed by atoms with van der Waals surface area (Å²) in [6.07, 6.45) is 4.14. The van der Waals surface area contributed by atoms with Gasteiger partial charge < -0.3 is 15.3 Å². The molecule has 2 aliphatic carbocycles. The average molecular weight is 260 g/mol. The Hall–Kier alpha value is -1.55. The van der Waals surface area contributed by atoms with Crippen molar-refractivity contribution < 1.29 is 9.90 Å². The third-order valence-electron chi connectivity index (χ3n) is 4.02. The largest absolute Gasteiger partial charge is 0.395 e. The molecule has 0 spiro atoms. The number of urea groups is 1. The summed E-state index contributed by atoms with van der Waals surface area (Å²) in [4.78, 5) is 14.1. The van der Waals surface area contributed by atoms with E-state index in [1.807, 2.05) is 12.1 Å². The predicted octanol–water partition coefficient (Wildman–Crippen LogP) is 1.84. The molecule has 0 radical (unpaired) electrons. The van der Waals surface area contributed by atoms with Crippen molar-refractivity contribution in [2.24, 2.45) is 0 Å². The van der Waals surface area contributed by atoms with Gasteiger partial charge in [-0.05, 0) is 36.8 Å². The monoisotopic (exact) mass is 260 g/mol. The lowest BCUT2D eigenvalue weighted by Gasteiger charge is -2.24. The van der Waals surface area contributed by atoms with Crippen molar-refractivity contribution in [3.8, 4) is 0 Å². The average Bonchev–Trinajstić information content (AvgIpc) is 3.19. The van der Waals surface area contributed by atoms with E-state index in [4.69, 9.17) is 5.11 Å². The van der Waals surface area contributed by atoms with Gasteiger partial charge in [-0.1, -0.05) is 24.3 Å². The molecular formula is C15H20N2O2. The van der Waals surface area contributed by atoms with Crippen LogP contribution in [-0.4, -0.2) is 35.2 Å². The summed E-state index contributed by atoms with van der Waals surface area (Å²) in [5, 5.41) is 12.2. The minimum Gasteiger partial charge on any atom is -0.395 e. The summed E-state index contributed by atoms with van der Waals surface area (Å²) in [5.41, 5.74) is 2.59. The van der Waals surface area contributed by atoms with Crippen molar-refractivity contribution in [2.45, 2.75) is 37.8 Å². The summed E-state index contributed by atoms with van der Waals surface area (Å²) in [7, 11) is 0. The number of amides is 2. The number of aryl methyl sites for hydroxylation is 1. The Morgan fingerprint density at radius 2 is 2.11 bits per heavy atom. The van der Waals surface area contributed by atoms with Crippen LogP contribution in [0.4, 0.5) is 4.79 Å². The standard InChI is InChI=1S/C15H20N2O2/c18-10-9-17(12-6-7-12)15(19)16-14-8-5-11-3-1-2-4-13(11)14/h1-4,12,14,18H,5-10H2,(H,16,19). The van der Waals surface area contributed by atoms with Crippen LogP contribution in [0.3, 0.4) is 0 Å². The number of rotatable bonds is 4. The number of hydrogen-bond donors (Lipinski definition) is 2. The first-order valence-corrected chi connectivity index (χ1v) is 7.05. The van der Waals surface area contributed by atoms with E-state index in [9.17, 15) is 4.79 Å². The van der Waals surface area contributed by atoms with Crippen molar-refractivity contribution in [1.29, 1.82) is 0 Å². The minimum atomic E-state index is -0.0294. The topological polar surface area (TPSA) is 52.6 Å². The number of hydrogen-bond acceptors (Lipinski definition) is 2. The van der Waals surface area contributed by atoms with E-state index in [1.165, 1.54) is 11.1 Å². The number of benzene rings is 1. The van der Waals surface area contributed by atoms with E-state index < -0.39 is 0 Å². The fourth-order valence-corrected chi connectivity index (χ4v) is 2.88. The zero-order valence-corrected chi connectivity index (χ0v) is 11.0. The molecule has 1 aromatic rings. The fraction of sp³-hybridized carbons (Fsp3) is 0.533. The maximum atomic E-state index is 12.3. The first-order valence-electron chi connectivity index (χ1n) is 7.05. The third kappa shape index (κ3) is 2.59. The van der Waals surface area contributed by atoms with Crippen LogP contribution in [0.15, 0.2) is 24.3 Å². The summed E-state index contributed by atoms with van der Waals surface area (Å²) in [6.45, 7) is 0.468. The lowest BCUT2D eigenvalue weighted by atomic mass is 10.1. The Morgan fingerprint density at radius 3 is 2.84 bits per heavy atom.